The van der Waals surface area contributed by atoms with Crippen molar-refractivity contribution in [3.8, 4) is 11.3 Å². The normalized spacial score (nSPS) is 15.7. The summed E-state index contributed by atoms with van der Waals surface area (Å²) in [6.45, 7) is 0. The minimum Gasteiger partial charge on any atom is -0.309 e. The number of amides is 1. The van der Waals surface area contributed by atoms with Crippen LogP contribution in [0.1, 0.15) is 60.5 Å². The van der Waals surface area contributed by atoms with Crippen LogP contribution in [0.5, 0.6) is 0 Å². The van der Waals surface area contributed by atoms with Gasteiger partial charge < -0.3 is 5.32 Å². The van der Waals surface area contributed by atoms with Crippen LogP contribution in [0.3, 0.4) is 0 Å². The highest BCUT2D eigenvalue weighted by molar-refractivity contribution is 5.92. The number of halogens is 2. The molecule has 0 spiro atoms. The van der Waals surface area contributed by atoms with Crippen molar-refractivity contribution >= 4 is 11.7 Å². The van der Waals surface area contributed by atoms with Crippen molar-refractivity contribution in [3.05, 3.63) is 76.6 Å². The number of fused-ring (bicyclic) bond motifs is 3. The van der Waals surface area contributed by atoms with Gasteiger partial charge in [0.1, 0.15) is 0 Å². The molecular formula is C26H25F2N3O. The quantitative estimate of drug-likeness (QED) is 0.570. The lowest BCUT2D eigenvalue weighted by Crippen LogP contribution is -2.21. The second-order valence-electron chi connectivity index (χ2n) is 8.72. The van der Waals surface area contributed by atoms with Gasteiger partial charge in [0.2, 0.25) is 5.91 Å². The van der Waals surface area contributed by atoms with Crippen LogP contribution in [0.4, 0.5) is 14.6 Å². The zero-order chi connectivity index (χ0) is 22.1. The molecular weight excluding hydrogens is 408 g/mol. The molecule has 1 heterocycles. The minimum absolute atomic E-state index is 0.0527. The molecule has 1 aromatic heterocycles. The first kappa shape index (κ1) is 20.7. The Kier molecular flexibility index (Phi) is 5.68. The Morgan fingerprint density at radius 3 is 2.59 bits per heavy atom. The molecule has 1 fully saturated rings. The predicted molar refractivity (Wildman–Crippen MR) is 119 cm³/mol. The molecule has 6 heteroatoms. The first-order valence-corrected chi connectivity index (χ1v) is 11.3. The van der Waals surface area contributed by atoms with Gasteiger partial charge in [0.05, 0.1) is 23.5 Å². The first-order valence-electron chi connectivity index (χ1n) is 11.3. The Labute approximate surface area is 186 Å². The van der Waals surface area contributed by atoms with Crippen LogP contribution in [0.15, 0.2) is 42.5 Å². The SMILES string of the molecule is O=C(Cc1ccc(F)c(F)c1)Nc1nc2c(nc1C1CCCCC1)-c1ccccc1CC2. The maximum Gasteiger partial charge on any atom is 0.229 e. The van der Waals surface area contributed by atoms with Crippen LogP contribution < -0.4 is 5.32 Å². The largest absolute Gasteiger partial charge is 0.309 e. The Morgan fingerprint density at radius 2 is 1.78 bits per heavy atom. The van der Waals surface area contributed by atoms with Crippen molar-refractivity contribution in [1.82, 2.24) is 9.97 Å². The van der Waals surface area contributed by atoms with E-state index < -0.39 is 11.6 Å². The number of nitrogens with zero attached hydrogens (tertiary/aromatic N) is 2. The van der Waals surface area contributed by atoms with Gasteiger partial charge in [0.25, 0.3) is 0 Å². The number of benzene rings is 2. The van der Waals surface area contributed by atoms with Crippen LogP contribution in [0.2, 0.25) is 0 Å². The van der Waals surface area contributed by atoms with Crippen molar-refractivity contribution < 1.29 is 13.6 Å². The highest BCUT2D eigenvalue weighted by Gasteiger charge is 2.27. The number of hydrogen-bond acceptors (Lipinski definition) is 3. The van der Waals surface area contributed by atoms with E-state index >= 15 is 0 Å². The van der Waals surface area contributed by atoms with Crippen LogP contribution in [-0.2, 0) is 24.1 Å². The van der Waals surface area contributed by atoms with Gasteiger partial charge in [-0.2, -0.15) is 0 Å². The molecule has 1 amide bonds. The smallest absolute Gasteiger partial charge is 0.229 e. The third kappa shape index (κ3) is 4.14. The average molecular weight is 434 g/mol. The number of carbonyl (C=O) groups excluding carboxylic acids is 1. The number of anilines is 1. The lowest BCUT2D eigenvalue weighted by Gasteiger charge is -2.26. The van der Waals surface area contributed by atoms with Gasteiger partial charge in [0.15, 0.2) is 17.5 Å². The van der Waals surface area contributed by atoms with Gasteiger partial charge in [-0.15, -0.1) is 0 Å². The van der Waals surface area contributed by atoms with Gasteiger partial charge in [-0.3, -0.25) is 4.79 Å². The van der Waals surface area contributed by atoms with E-state index in [1.165, 1.54) is 18.1 Å². The Hall–Kier alpha value is -3.15. The van der Waals surface area contributed by atoms with E-state index in [1.54, 1.807) is 0 Å². The molecule has 1 saturated carbocycles. The molecule has 0 radical (unpaired) electrons. The standard InChI is InChI=1S/C26H25F2N3O/c27-20-12-10-16(14-21(20)28)15-23(32)30-26-24(18-7-2-1-3-8-18)31-25-19-9-5-4-6-17(19)11-13-22(25)29-26/h4-6,9-10,12,14,18H,1-3,7-8,11,13,15H2,(H,29,30,32). The summed E-state index contributed by atoms with van der Waals surface area (Å²) in [6, 6.07) is 11.8. The topological polar surface area (TPSA) is 54.9 Å². The van der Waals surface area contributed by atoms with Gasteiger partial charge in [-0.25, -0.2) is 18.7 Å². The highest BCUT2D eigenvalue weighted by Crippen LogP contribution is 2.38. The number of rotatable bonds is 4. The first-order chi connectivity index (χ1) is 15.6. The zero-order valence-corrected chi connectivity index (χ0v) is 17.8. The van der Waals surface area contributed by atoms with Gasteiger partial charge in [-0.05, 0) is 48.9 Å². The predicted octanol–water partition coefficient (Wildman–Crippen LogP) is 5.75. The van der Waals surface area contributed by atoms with E-state index in [-0.39, 0.29) is 18.2 Å². The zero-order valence-electron chi connectivity index (χ0n) is 17.8. The van der Waals surface area contributed by atoms with Crippen molar-refractivity contribution in [1.29, 1.82) is 0 Å². The van der Waals surface area contributed by atoms with E-state index in [2.05, 4.69) is 17.4 Å². The highest BCUT2D eigenvalue weighted by atomic mass is 19.2. The Morgan fingerprint density at radius 1 is 0.969 bits per heavy atom. The lowest BCUT2D eigenvalue weighted by atomic mass is 9.85. The fraction of sp³-hybridized carbons (Fsp3) is 0.346. The van der Waals surface area contributed by atoms with Crippen LogP contribution in [-0.4, -0.2) is 15.9 Å². The number of aromatic nitrogens is 2. The molecule has 2 aromatic carbocycles. The van der Waals surface area contributed by atoms with Crippen molar-refractivity contribution in [3.63, 3.8) is 0 Å². The summed E-state index contributed by atoms with van der Waals surface area (Å²) in [5, 5.41) is 2.94. The summed E-state index contributed by atoms with van der Waals surface area (Å²) in [5.74, 6) is -1.41. The number of hydrogen-bond donors (Lipinski definition) is 1. The van der Waals surface area contributed by atoms with Crippen molar-refractivity contribution in [2.45, 2.75) is 57.3 Å². The summed E-state index contributed by atoms with van der Waals surface area (Å²) in [5.41, 5.74) is 5.48. The molecule has 0 aliphatic heterocycles. The molecule has 0 atom stereocenters. The second-order valence-corrected chi connectivity index (χ2v) is 8.72. The Balaban J connectivity index is 1.48. The molecule has 0 bridgehead atoms. The summed E-state index contributed by atoms with van der Waals surface area (Å²) < 4.78 is 26.8. The average Bonchev–Trinajstić information content (AvgIpc) is 2.81. The van der Waals surface area contributed by atoms with Gasteiger partial charge in [-0.1, -0.05) is 49.6 Å². The number of carbonyl (C=O) groups is 1. The lowest BCUT2D eigenvalue weighted by molar-refractivity contribution is -0.115. The molecule has 4 nitrogen and oxygen atoms in total. The van der Waals surface area contributed by atoms with Crippen molar-refractivity contribution in [2.24, 2.45) is 0 Å². The van der Waals surface area contributed by atoms with E-state index in [0.717, 1.165) is 73.3 Å². The summed E-state index contributed by atoms with van der Waals surface area (Å²) >= 11 is 0. The van der Waals surface area contributed by atoms with E-state index in [9.17, 15) is 13.6 Å². The monoisotopic (exact) mass is 433 g/mol. The maximum absolute atomic E-state index is 13.5. The molecule has 3 aromatic rings. The summed E-state index contributed by atoms with van der Waals surface area (Å²) in [4.78, 5) is 22.7. The molecule has 32 heavy (non-hydrogen) atoms. The molecule has 2 aliphatic rings. The fourth-order valence-corrected chi connectivity index (χ4v) is 4.86. The third-order valence-electron chi connectivity index (χ3n) is 6.50. The molecule has 0 unspecified atom stereocenters. The Bertz CT molecular complexity index is 1170. The van der Waals surface area contributed by atoms with E-state index in [1.807, 2.05) is 12.1 Å². The molecule has 164 valence electrons. The molecule has 5 rings (SSSR count). The van der Waals surface area contributed by atoms with Crippen LogP contribution in [0, 0.1) is 11.6 Å². The van der Waals surface area contributed by atoms with Gasteiger partial charge >= 0.3 is 0 Å². The third-order valence-corrected chi connectivity index (χ3v) is 6.50. The number of aryl methyl sites for hydroxylation is 2. The summed E-state index contributed by atoms with van der Waals surface area (Å²) in [6.07, 6.45) is 7.17. The molecule has 2 aliphatic carbocycles. The van der Waals surface area contributed by atoms with Gasteiger partial charge in [0, 0.05) is 11.5 Å². The van der Waals surface area contributed by atoms with Crippen molar-refractivity contribution in [2.75, 3.05) is 5.32 Å². The maximum atomic E-state index is 13.5. The fourth-order valence-electron chi connectivity index (χ4n) is 4.86. The second kappa shape index (κ2) is 8.77. The van der Waals surface area contributed by atoms with Crippen LogP contribution in [0.25, 0.3) is 11.3 Å². The van der Waals surface area contributed by atoms with E-state index in [4.69, 9.17) is 9.97 Å². The minimum atomic E-state index is -0.953. The molecule has 1 N–H and O–H groups in total. The summed E-state index contributed by atoms with van der Waals surface area (Å²) in [7, 11) is 0. The number of nitrogens with one attached hydrogen (secondary N) is 1. The van der Waals surface area contributed by atoms with Crippen LogP contribution >= 0.6 is 0 Å². The molecule has 0 saturated heterocycles. The van der Waals surface area contributed by atoms with E-state index in [0.29, 0.717) is 11.4 Å².